The van der Waals surface area contributed by atoms with Gasteiger partial charge in [0.05, 0.1) is 12.6 Å². The van der Waals surface area contributed by atoms with Crippen molar-refractivity contribution in [3.05, 3.63) is 34.9 Å². The average Bonchev–Trinajstić information content (AvgIpc) is 3.26. The molecule has 118 valence electrons. The predicted octanol–water partition coefficient (Wildman–Crippen LogP) is 2.54. The van der Waals surface area contributed by atoms with E-state index < -0.39 is 5.54 Å². The van der Waals surface area contributed by atoms with Crippen molar-refractivity contribution in [2.45, 2.75) is 45.7 Å². The number of hydrogen-bond donors (Lipinski definition) is 1. The number of rotatable bonds is 6. The van der Waals surface area contributed by atoms with E-state index in [0.717, 1.165) is 19.4 Å². The summed E-state index contributed by atoms with van der Waals surface area (Å²) >= 11 is 0. The number of carbonyl (C=O) groups excluding carboxylic acids is 1. The number of nitriles is 1. The van der Waals surface area contributed by atoms with Crippen LogP contribution in [0.1, 0.15) is 36.5 Å². The van der Waals surface area contributed by atoms with Crippen molar-refractivity contribution in [2.24, 2.45) is 5.92 Å². The molecule has 4 nitrogen and oxygen atoms in total. The lowest BCUT2D eigenvalue weighted by molar-refractivity contribution is -0.123. The highest BCUT2D eigenvalue weighted by atomic mass is 16.2. The minimum atomic E-state index is -0.711. The monoisotopic (exact) mass is 299 g/mol. The second kappa shape index (κ2) is 6.50. The van der Waals surface area contributed by atoms with Gasteiger partial charge in [-0.15, -0.1) is 0 Å². The van der Waals surface area contributed by atoms with Crippen molar-refractivity contribution >= 4 is 5.91 Å². The van der Waals surface area contributed by atoms with E-state index in [-0.39, 0.29) is 5.91 Å². The van der Waals surface area contributed by atoms with Gasteiger partial charge in [0.2, 0.25) is 5.91 Å². The maximum atomic E-state index is 12.2. The summed E-state index contributed by atoms with van der Waals surface area (Å²) in [4.78, 5) is 14.2. The number of nitrogens with one attached hydrogen (secondary N) is 1. The highest BCUT2D eigenvalue weighted by molar-refractivity contribution is 5.79. The molecule has 1 fully saturated rings. The van der Waals surface area contributed by atoms with E-state index in [1.807, 2.05) is 18.9 Å². The molecule has 0 radical (unpaired) electrons. The zero-order valence-electron chi connectivity index (χ0n) is 13.9. The Morgan fingerprint density at radius 3 is 2.68 bits per heavy atom. The molecule has 1 N–H and O–H groups in total. The van der Waals surface area contributed by atoms with Crippen LogP contribution in [0.25, 0.3) is 0 Å². The van der Waals surface area contributed by atoms with Crippen LogP contribution in [0.4, 0.5) is 0 Å². The number of likely N-dealkylation sites (N-methyl/N-ethyl adjacent to an activating group) is 1. The number of hydrogen-bond acceptors (Lipinski definition) is 3. The molecule has 1 aromatic carbocycles. The van der Waals surface area contributed by atoms with Gasteiger partial charge in [-0.3, -0.25) is 9.69 Å². The van der Waals surface area contributed by atoms with Gasteiger partial charge in [-0.1, -0.05) is 23.8 Å². The second-order valence-electron chi connectivity index (χ2n) is 6.74. The lowest BCUT2D eigenvalue weighted by Gasteiger charge is -2.25. The third-order valence-electron chi connectivity index (χ3n) is 4.38. The molecular formula is C18H25N3O. The zero-order valence-corrected chi connectivity index (χ0v) is 13.9. The van der Waals surface area contributed by atoms with Crippen LogP contribution >= 0.6 is 0 Å². The van der Waals surface area contributed by atoms with Gasteiger partial charge >= 0.3 is 0 Å². The Morgan fingerprint density at radius 1 is 1.45 bits per heavy atom. The summed E-state index contributed by atoms with van der Waals surface area (Å²) in [6.07, 6.45) is 2.06. The maximum absolute atomic E-state index is 12.2. The first-order valence-electron chi connectivity index (χ1n) is 7.81. The molecule has 1 aliphatic carbocycles. The summed E-state index contributed by atoms with van der Waals surface area (Å²) in [7, 11) is 1.93. The van der Waals surface area contributed by atoms with E-state index in [0.29, 0.717) is 12.5 Å². The van der Waals surface area contributed by atoms with Crippen LogP contribution in [0.15, 0.2) is 18.2 Å². The van der Waals surface area contributed by atoms with Crippen molar-refractivity contribution in [3.63, 3.8) is 0 Å². The lowest BCUT2D eigenvalue weighted by atomic mass is 9.98. The highest BCUT2D eigenvalue weighted by Crippen LogP contribution is 2.39. The molecule has 1 amide bonds. The molecular weight excluding hydrogens is 274 g/mol. The van der Waals surface area contributed by atoms with E-state index in [9.17, 15) is 10.1 Å². The van der Waals surface area contributed by atoms with Gasteiger partial charge in [0.15, 0.2) is 0 Å². The molecule has 1 aromatic rings. The van der Waals surface area contributed by atoms with Gasteiger partial charge in [-0.25, -0.2) is 0 Å². The molecule has 0 aromatic heterocycles. The fraction of sp³-hybridized carbons (Fsp3) is 0.556. The molecule has 2 rings (SSSR count). The fourth-order valence-corrected chi connectivity index (χ4v) is 2.83. The quantitative estimate of drug-likeness (QED) is 0.878. The number of benzene rings is 1. The Morgan fingerprint density at radius 2 is 2.14 bits per heavy atom. The van der Waals surface area contributed by atoms with Crippen LogP contribution in [0.5, 0.6) is 0 Å². The van der Waals surface area contributed by atoms with Crippen molar-refractivity contribution in [2.75, 3.05) is 13.6 Å². The molecule has 1 saturated carbocycles. The Balaban J connectivity index is 1.90. The zero-order chi connectivity index (χ0) is 16.3. The van der Waals surface area contributed by atoms with Crippen molar-refractivity contribution in [1.82, 2.24) is 10.2 Å². The third-order valence-corrected chi connectivity index (χ3v) is 4.38. The van der Waals surface area contributed by atoms with Crippen LogP contribution in [0.2, 0.25) is 0 Å². The smallest absolute Gasteiger partial charge is 0.235 e. The summed E-state index contributed by atoms with van der Waals surface area (Å²) in [6.45, 7) is 7.03. The number of aryl methyl sites for hydroxylation is 2. The Hall–Kier alpha value is -1.86. The summed E-state index contributed by atoms with van der Waals surface area (Å²) in [5, 5.41) is 12.2. The van der Waals surface area contributed by atoms with Crippen LogP contribution < -0.4 is 5.32 Å². The molecule has 4 heteroatoms. The number of carbonyl (C=O) groups is 1. The summed E-state index contributed by atoms with van der Waals surface area (Å²) in [5.41, 5.74) is 3.01. The molecule has 0 spiro atoms. The van der Waals surface area contributed by atoms with Crippen LogP contribution in [0, 0.1) is 31.1 Å². The molecule has 1 aliphatic rings. The maximum Gasteiger partial charge on any atom is 0.235 e. The van der Waals surface area contributed by atoms with Gasteiger partial charge in [0.25, 0.3) is 0 Å². The third kappa shape index (κ3) is 4.08. The molecule has 0 unspecified atom stereocenters. The minimum absolute atomic E-state index is 0.0804. The minimum Gasteiger partial charge on any atom is -0.337 e. The average molecular weight is 299 g/mol. The van der Waals surface area contributed by atoms with Gasteiger partial charge < -0.3 is 5.32 Å². The summed E-state index contributed by atoms with van der Waals surface area (Å²) in [5.74, 6) is 0.231. The molecule has 0 aliphatic heterocycles. The van der Waals surface area contributed by atoms with E-state index in [1.165, 1.54) is 16.7 Å². The molecule has 0 bridgehead atoms. The van der Waals surface area contributed by atoms with Crippen molar-refractivity contribution in [1.29, 1.82) is 5.26 Å². The SMILES string of the molecule is Cc1ccc(CN(C)CC(=O)N[C@](C)(C#N)C2CC2)c(C)c1. The summed E-state index contributed by atoms with van der Waals surface area (Å²) in [6, 6.07) is 8.62. The topological polar surface area (TPSA) is 56.1 Å². The standard InChI is InChI=1S/C18H25N3O/c1-13-5-6-15(14(2)9-13)10-21(4)11-17(22)20-18(3,12-19)16-7-8-16/h5-6,9,16H,7-8,10-11H2,1-4H3,(H,20,22)/t18-/m1/s1. The van der Waals surface area contributed by atoms with Crippen LogP contribution in [0.3, 0.4) is 0 Å². The molecule has 0 heterocycles. The number of amides is 1. The summed E-state index contributed by atoms with van der Waals surface area (Å²) < 4.78 is 0. The Bertz CT molecular complexity index is 601. The molecule has 0 saturated heterocycles. The van der Waals surface area contributed by atoms with Gasteiger partial charge in [0, 0.05) is 6.54 Å². The van der Waals surface area contributed by atoms with E-state index in [1.54, 1.807) is 0 Å². The first-order chi connectivity index (χ1) is 10.3. The van der Waals surface area contributed by atoms with E-state index >= 15 is 0 Å². The second-order valence-corrected chi connectivity index (χ2v) is 6.74. The van der Waals surface area contributed by atoms with E-state index in [2.05, 4.69) is 43.4 Å². The van der Waals surface area contributed by atoms with Crippen molar-refractivity contribution in [3.8, 4) is 6.07 Å². The van der Waals surface area contributed by atoms with Crippen molar-refractivity contribution < 1.29 is 4.79 Å². The lowest BCUT2D eigenvalue weighted by Crippen LogP contribution is -2.49. The molecule has 1 atom stereocenters. The first kappa shape index (κ1) is 16.5. The van der Waals surface area contributed by atoms with E-state index in [4.69, 9.17) is 0 Å². The van der Waals surface area contributed by atoms with Crippen LogP contribution in [-0.4, -0.2) is 29.9 Å². The fourth-order valence-electron chi connectivity index (χ4n) is 2.83. The van der Waals surface area contributed by atoms with Gasteiger partial charge in [-0.05, 0) is 57.7 Å². The van der Waals surface area contributed by atoms with Gasteiger partial charge in [0.1, 0.15) is 5.54 Å². The van der Waals surface area contributed by atoms with Gasteiger partial charge in [-0.2, -0.15) is 5.26 Å². The number of nitrogens with zero attached hydrogens (tertiary/aromatic N) is 2. The van der Waals surface area contributed by atoms with Crippen LogP contribution in [-0.2, 0) is 11.3 Å². The Labute approximate surface area is 133 Å². The predicted molar refractivity (Wildman–Crippen MR) is 87.1 cm³/mol. The highest BCUT2D eigenvalue weighted by Gasteiger charge is 2.43. The molecule has 22 heavy (non-hydrogen) atoms. The normalized spacial score (nSPS) is 16.9. The first-order valence-corrected chi connectivity index (χ1v) is 7.81. The largest absolute Gasteiger partial charge is 0.337 e. The Kier molecular flexibility index (Phi) is 4.87.